The fraction of sp³-hybridized carbons (Fsp3) is 0.500. The van der Waals surface area contributed by atoms with Gasteiger partial charge < -0.3 is 9.47 Å². The number of para-hydroxylation sites is 1. The topological polar surface area (TPSA) is 21.7 Å². The molecule has 1 aromatic carbocycles. The van der Waals surface area contributed by atoms with Crippen molar-refractivity contribution in [3.05, 3.63) is 36.4 Å². The highest BCUT2D eigenvalue weighted by Gasteiger charge is 2.36. The number of hydrogen-bond acceptors (Lipinski definition) is 3. The molecule has 19 heavy (non-hydrogen) atoms. The first-order chi connectivity index (χ1) is 9.31. The lowest BCUT2D eigenvalue weighted by molar-refractivity contribution is 0.0844. The van der Waals surface area contributed by atoms with Crippen molar-refractivity contribution < 1.29 is 9.47 Å². The minimum absolute atomic E-state index is 0.510. The van der Waals surface area contributed by atoms with Crippen LogP contribution < -0.4 is 9.47 Å². The largest absolute Gasteiger partial charge is 0.488 e. The lowest BCUT2D eigenvalue weighted by atomic mass is 9.82. The molecule has 0 spiro atoms. The van der Waals surface area contributed by atoms with E-state index in [0.717, 1.165) is 18.1 Å². The first kappa shape index (κ1) is 12.5. The molecular weight excluding hydrogens is 238 g/mol. The Morgan fingerprint density at radius 3 is 3.26 bits per heavy atom. The van der Waals surface area contributed by atoms with Gasteiger partial charge in [0.05, 0.1) is 6.04 Å². The first-order valence-corrected chi connectivity index (χ1v) is 7.01. The van der Waals surface area contributed by atoms with E-state index in [4.69, 9.17) is 9.47 Å². The minimum Gasteiger partial charge on any atom is -0.488 e. The quantitative estimate of drug-likeness (QED) is 0.779. The van der Waals surface area contributed by atoms with E-state index in [1.54, 1.807) is 6.08 Å². The lowest BCUT2D eigenvalue weighted by Gasteiger charge is -2.43. The molecule has 2 atom stereocenters. The lowest BCUT2D eigenvalue weighted by Crippen LogP contribution is -2.47. The normalized spacial score (nSPS) is 25.9. The van der Waals surface area contributed by atoms with Gasteiger partial charge in [-0.1, -0.05) is 24.8 Å². The van der Waals surface area contributed by atoms with Crippen molar-refractivity contribution in [3.8, 4) is 11.5 Å². The fourth-order valence-electron chi connectivity index (χ4n) is 3.24. The van der Waals surface area contributed by atoms with Crippen molar-refractivity contribution in [2.24, 2.45) is 0 Å². The number of benzene rings is 1. The summed E-state index contributed by atoms with van der Waals surface area (Å²) in [6.07, 6.45) is 4.27. The van der Waals surface area contributed by atoms with Crippen LogP contribution in [0.3, 0.4) is 0 Å². The SMILES string of the molecule is C=CCOc1cccc2c1OC[C@@H]1[C@@H]2CCCN1C. The van der Waals surface area contributed by atoms with Crippen LogP contribution in [0.2, 0.25) is 0 Å². The summed E-state index contributed by atoms with van der Waals surface area (Å²) in [6, 6.07) is 6.75. The highest BCUT2D eigenvalue weighted by Crippen LogP contribution is 2.44. The number of likely N-dealkylation sites (tertiary alicyclic amines) is 1. The molecule has 2 heterocycles. The van der Waals surface area contributed by atoms with Gasteiger partial charge in [-0.2, -0.15) is 0 Å². The number of hydrogen-bond donors (Lipinski definition) is 0. The van der Waals surface area contributed by atoms with Crippen LogP contribution in [0, 0.1) is 0 Å². The summed E-state index contributed by atoms with van der Waals surface area (Å²) in [4.78, 5) is 2.42. The maximum atomic E-state index is 5.99. The molecule has 2 aliphatic rings. The third-order valence-corrected chi connectivity index (χ3v) is 4.22. The molecule has 102 valence electrons. The number of nitrogens with zero attached hydrogens (tertiary/aromatic N) is 1. The molecule has 3 heteroatoms. The van der Waals surface area contributed by atoms with Crippen LogP contribution in [-0.4, -0.2) is 37.7 Å². The summed E-state index contributed by atoms with van der Waals surface area (Å²) in [7, 11) is 2.20. The fourth-order valence-corrected chi connectivity index (χ4v) is 3.24. The highest BCUT2D eigenvalue weighted by molar-refractivity contribution is 5.50. The Morgan fingerprint density at radius 1 is 1.53 bits per heavy atom. The predicted molar refractivity (Wildman–Crippen MR) is 76.0 cm³/mol. The van der Waals surface area contributed by atoms with Gasteiger partial charge in [-0.25, -0.2) is 0 Å². The Bertz CT molecular complexity index is 472. The van der Waals surface area contributed by atoms with E-state index in [1.807, 2.05) is 6.07 Å². The average Bonchev–Trinajstić information content (AvgIpc) is 2.45. The van der Waals surface area contributed by atoms with Crippen molar-refractivity contribution in [3.63, 3.8) is 0 Å². The number of fused-ring (bicyclic) bond motifs is 3. The van der Waals surface area contributed by atoms with E-state index >= 15 is 0 Å². The van der Waals surface area contributed by atoms with Crippen molar-refractivity contribution >= 4 is 0 Å². The van der Waals surface area contributed by atoms with Gasteiger partial charge in [0.15, 0.2) is 11.5 Å². The predicted octanol–water partition coefficient (Wildman–Crippen LogP) is 2.82. The van der Waals surface area contributed by atoms with Gasteiger partial charge in [0, 0.05) is 11.5 Å². The van der Waals surface area contributed by atoms with Gasteiger partial charge in [0.2, 0.25) is 0 Å². The molecule has 3 rings (SSSR count). The van der Waals surface area contributed by atoms with Gasteiger partial charge in [-0.3, -0.25) is 4.90 Å². The van der Waals surface area contributed by atoms with E-state index < -0.39 is 0 Å². The van der Waals surface area contributed by atoms with E-state index in [0.29, 0.717) is 18.6 Å². The second-order valence-electron chi connectivity index (χ2n) is 5.38. The Labute approximate surface area is 114 Å². The standard InChI is InChI=1S/C16H21NO2/c1-3-10-18-15-8-4-6-13-12-7-5-9-17(2)14(12)11-19-16(13)15/h3-4,6,8,12,14H,1,5,7,9-11H2,2H3/t12-,14-/m1/s1. The average molecular weight is 259 g/mol. The molecular formula is C16H21NO2. The van der Waals surface area contributed by atoms with E-state index in [2.05, 4.69) is 30.7 Å². The van der Waals surface area contributed by atoms with Gasteiger partial charge in [-0.15, -0.1) is 0 Å². The molecule has 0 bridgehead atoms. The number of rotatable bonds is 3. The van der Waals surface area contributed by atoms with E-state index in [9.17, 15) is 0 Å². The molecule has 2 aliphatic heterocycles. The summed E-state index contributed by atoms with van der Waals surface area (Å²) in [6.45, 7) is 6.15. The summed E-state index contributed by atoms with van der Waals surface area (Å²) in [5.74, 6) is 2.37. The second-order valence-corrected chi connectivity index (χ2v) is 5.38. The van der Waals surface area contributed by atoms with Gasteiger partial charge in [0.1, 0.15) is 13.2 Å². The zero-order chi connectivity index (χ0) is 13.2. The maximum Gasteiger partial charge on any atom is 0.164 e. The van der Waals surface area contributed by atoms with Crippen molar-refractivity contribution in [1.29, 1.82) is 0 Å². The first-order valence-electron chi connectivity index (χ1n) is 7.01. The summed E-state index contributed by atoms with van der Waals surface area (Å²) in [5, 5.41) is 0. The zero-order valence-corrected chi connectivity index (χ0v) is 11.5. The molecule has 0 saturated carbocycles. The Hall–Kier alpha value is -1.48. The third-order valence-electron chi connectivity index (χ3n) is 4.22. The Balaban J connectivity index is 1.92. The maximum absolute atomic E-state index is 5.99. The number of likely N-dealkylation sites (N-methyl/N-ethyl adjacent to an activating group) is 1. The molecule has 3 nitrogen and oxygen atoms in total. The van der Waals surface area contributed by atoms with Gasteiger partial charge >= 0.3 is 0 Å². The molecule has 1 fully saturated rings. The highest BCUT2D eigenvalue weighted by atomic mass is 16.5. The molecule has 1 aromatic rings. The van der Waals surface area contributed by atoms with E-state index in [-0.39, 0.29) is 0 Å². The molecule has 0 aromatic heterocycles. The van der Waals surface area contributed by atoms with Crippen LogP contribution in [0.5, 0.6) is 11.5 Å². The summed E-state index contributed by atoms with van der Waals surface area (Å²) < 4.78 is 11.7. The second kappa shape index (κ2) is 5.25. The molecule has 0 N–H and O–H groups in total. The van der Waals surface area contributed by atoms with Crippen LogP contribution in [0.1, 0.15) is 24.3 Å². The Morgan fingerprint density at radius 2 is 2.42 bits per heavy atom. The van der Waals surface area contributed by atoms with Crippen LogP contribution >= 0.6 is 0 Å². The minimum atomic E-state index is 0.510. The number of piperidine rings is 1. The third kappa shape index (κ3) is 2.23. The van der Waals surface area contributed by atoms with Crippen molar-refractivity contribution in [1.82, 2.24) is 4.90 Å². The molecule has 0 unspecified atom stereocenters. The monoisotopic (exact) mass is 259 g/mol. The van der Waals surface area contributed by atoms with Crippen LogP contribution in [0.4, 0.5) is 0 Å². The summed E-state index contributed by atoms with van der Waals surface area (Å²) >= 11 is 0. The molecule has 1 saturated heterocycles. The molecule has 0 aliphatic carbocycles. The van der Waals surface area contributed by atoms with Crippen LogP contribution in [0.15, 0.2) is 30.9 Å². The summed E-state index contributed by atoms with van der Waals surface area (Å²) in [5.41, 5.74) is 1.31. The van der Waals surface area contributed by atoms with Gasteiger partial charge in [-0.05, 0) is 32.5 Å². The van der Waals surface area contributed by atoms with E-state index in [1.165, 1.54) is 24.9 Å². The molecule has 0 radical (unpaired) electrons. The van der Waals surface area contributed by atoms with Gasteiger partial charge in [0.25, 0.3) is 0 Å². The van der Waals surface area contributed by atoms with Crippen LogP contribution in [0.25, 0.3) is 0 Å². The van der Waals surface area contributed by atoms with Crippen LogP contribution in [-0.2, 0) is 0 Å². The Kier molecular flexibility index (Phi) is 3.47. The zero-order valence-electron chi connectivity index (χ0n) is 11.5. The number of ether oxygens (including phenoxy) is 2. The van der Waals surface area contributed by atoms with Crippen molar-refractivity contribution in [2.45, 2.75) is 24.8 Å². The molecule has 0 amide bonds. The smallest absolute Gasteiger partial charge is 0.164 e. The van der Waals surface area contributed by atoms with Crippen molar-refractivity contribution in [2.75, 3.05) is 26.8 Å².